The molecule has 2 aromatic carbocycles. The number of nitrogens with zero attached hydrogens (tertiary/aromatic N) is 2. The highest BCUT2D eigenvalue weighted by atomic mass is 35.5. The first-order chi connectivity index (χ1) is 12.5. The smallest absolute Gasteiger partial charge is 0.258 e. The number of allylic oxidation sites excluding steroid dienone is 1. The van der Waals surface area contributed by atoms with Gasteiger partial charge >= 0.3 is 0 Å². The van der Waals surface area contributed by atoms with E-state index in [9.17, 15) is 4.79 Å². The molecule has 0 spiro atoms. The van der Waals surface area contributed by atoms with Crippen LogP contribution in [0, 0.1) is 13.8 Å². The van der Waals surface area contributed by atoms with Crippen molar-refractivity contribution in [1.82, 2.24) is 4.57 Å². The first kappa shape index (κ1) is 19.0. The lowest BCUT2D eigenvalue weighted by molar-refractivity contribution is -0.115. The third-order valence-corrected chi connectivity index (χ3v) is 6.30. The minimum absolute atomic E-state index is 0.150. The van der Waals surface area contributed by atoms with Crippen LogP contribution < -0.4 is 4.80 Å². The summed E-state index contributed by atoms with van der Waals surface area (Å²) >= 11 is 8.89. The maximum Gasteiger partial charge on any atom is 0.258 e. The molecule has 0 aliphatic rings. The van der Waals surface area contributed by atoms with Crippen molar-refractivity contribution in [3.05, 3.63) is 70.0 Å². The quantitative estimate of drug-likeness (QED) is 0.424. The maximum absolute atomic E-state index is 12.4. The van der Waals surface area contributed by atoms with Gasteiger partial charge in [-0.25, -0.2) is 0 Å². The van der Waals surface area contributed by atoms with Crippen molar-refractivity contribution < 1.29 is 4.79 Å². The summed E-state index contributed by atoms with van der Waals surface area (Å²) in [5.74, 6) is 0.143. The van der Waals surface area contributed by atoms with Gasteiger partial charge in [0.1, 0.15) is 0 Å². The standard InChI is InChI=1S/C20H19ClN2OS2/c1-4-9-23-17-10-13(2)14(3)11-18(17)26-20(23)22-19(24)12-25-16-7-5-15(21)6-8-16/h4-8,10-11H,1,9,12H2,2-3H3. The summed E-state index contributed by atoms with van der Waals surface area (Å²) in [6, 6.07) is 11.8. The van der Waals surface area contributed by atoms with E-state index in [2.05, 4.69) is 37.6 Å². The number of hydrogen-bond donors (Lipinski definition) is 0. The molecule has 3 aromatic rings. The summed E-state index contributed by atoms with van der Waals surface area (Å²) in [4.78, 5) is 18.4. The number of aryl methyl sites for hydroxylation is 2. The largest absolute Gasteiger partial charge is 0.312 e. The van der Waals surface area contributed by atoms with Gasteiger partial charge in [0.15, 0.2) is 4.80 Å². The second-order valence-electron chi connectivity index (χ2n) is 5.94. The van der Waals surface area contributed by atoms with Gasteiger partial charge in [0.05, 0.1) is 16.0 Å². The zero-order valence-corrected chi connectivity index (χ0v) is 17.0. The average Bonchev–Trinajstić information content (AvgIpc) is 2.92. The third-order valence-electron chi connectivity index (χ3n) is 4.01. The SMILES string of the molecule is C=CCn1c(=NC(=O)CSc2ccc(Cl)cc2)sc2cc(C)c(C)cc21. The van der Waals surface area contributed by atoms with Crippen LogP contribution in [-0.2, 0) is 11.3 Å². The van der Waals surface area contributed by atoms with Gasteiger partial charge < -0.3 is 4.57 Å². The zero-order valence-electron chi connectivity index (χ0n) is 14.7. The third kappa shape index (κ3) is 4.29. The number of carbonyl (C=O) groups excluding carboxylic acids is 1. The molecule has 0 unspecified atom stereocenters. The first-order valence-electron chi connectivity index (χ1n) is 8.15. The topological polar surface area (TPSA) is 34.4 Å². The van der Waals surface area contributed by atoms with Gasteiger partial charge in [-0.3, -0.25) is 4.79 Å². The van der Waals surface area contributed by atoms with E-state index in [1.54, 1.807) is 0 Å². The number of carbonyl (C=O) groups is 1. The molecule has 134 valence electrons. The Kier molecular flexibility index (Phi) is 6.01. The molecule has 0 atom stereocenters. The van der Waals surface area contributed by atoms with Crippen molar-refractivity contribution in [1.29, 1.82) is 0 Å². The molecule has 0 N–H and O–H groups in total. The van der Waals surface area contributed by atoms with E-state index in [4.69, 9.17) is 11.6 Å². The number of fused-ring (bicyclic) bond motifs is 1. The van der Waals surface area contributed by atoms with Crippen molar-refractivity contribution in [3.8, 4) is 0 Å². The molecule has 0 aliphatic carbocycles. The van der Waals surface area contributed by atoms with Crippen LogP contribution in [0.25, 0.3) is 10.2 Å². The van der Waals surface area contributed by atoms with Crippen LogP contribution in [0.2, 0.25) is 5.02 Å². The molecule has 0 saturated carbocycles. The molecule has 1 heterocycles. The van der Waals surface area contributed by atoms with Crippen LogP contribution in [0.1, 0.15) is 11.1 Å². The molecule has 0 saturated heterocycles. The summed E-state index contributed by atoms with van der Waals surface area (Å²) in [6.45, 7) is 8.64. The Hall–Kier alpha value is -1.82. The van der Waals surface area contributed by atoms with E-state index < -0.39 is 0 Å². The number of halogens is 1. The monoisotopic (exact) mass is 402 g/mol. The van der Waals surface area contributed by atoms with Crippen molar-refractivity contribution in [2.45, 2.75) is 25.3 Å². The lowest BCUT2D eigenvalue weighted by Crippen LogP contribution is -2.16. The zero-order chi connectivity index (χ0) is 18.7. The van der Waals surface area contributed by atoms with E-state index in [0.717, 1.165) is 15.1 Å². The summed E-state index contributed by atoms with van der Waals surface area (Å²) in [5.41, 5.74) is 3.56. The first-order valence-corrected chi connectivity index (χ1v) is 10.3. The van der Waals surface area contributed by atoms with E-state index in [1.807, 2.05) is 34.9 Å². The van der Waals surface area contributed by atoms with E-state index in [1.165, 1.54) is 34.2 Å². The van der Waals surface area contributed by atoms with E-state index in [0.29, 0.717) is 22.1 Å². The van der Waals surface area contributed by atoms with Gasteiger partial charge in [-0.2, -0.15) is 4.99 Å². The number of amides is 1. The summed E-state index contributed by atoms with van der Waals surface area (Å²) in [7, 11) is 0. The number of benzene rings is 2. The van der Waals surface area contributed by atoms with Crippen LogP contribution in [0.15, 0.2) is 58.9 Å². The van der Waals surface area contributed by atoms with Gasteiger partial charge in [-0.05, 0) is 61.4 Å². The van der Waals surface area contributed by atoms with Crippen LogP contribution in [0.4, 0.5) is 0 Å². The molecule has 26 heavy (non-hydrogen) atoms. The highest BCUT2D eigenvalue weighted by Gasteiger charge is 2.09. The van der Waals surface area contributed by atoms with Gasteiger partial charge in [0, 0.05) is 16.5 Å². The van der Waals surface area contributed by atoms with Gasteiger partial charge in [-0.1, -0.05) is 29.0 Å². The number of aromatic nitrogens is 1. The molecule has 1 aromatic heterocycles. The van der Waals surface area contributed by atoms with Gasteiger partial charge in [0.25, 0.3) is 5.91 Å². The fraction of sp³-hybridized carbons (Fsp3) is 0.200. The van der Waals surface area contributed by atoms with Crippen LogP contribution >= 0.6 is 34.7 Å². The van der Waals surface area contributed by atoms with Crippen molar-refractivity contribution in [2.75, 3.05) is 5.75 Å². The Labute approximate surface area is 166 Å². The molecular formula is C20H19ClN2OS2. The predicted molar refractivity (Wildman–Crippen MR) is 112 cm³/mol. The lowest BCUT2D eigenvalue weighted by Gasteiger charge is -2.04. The maximum atomic E-state index is 12.4. The summed E-state index contributed by atoms with van der Waals surface area (Å²) in [6.07, 6.45) is 1.83. The normalized spacial score (nSPS) is 11.9. The molecule has 0 fully saturated rings. The molecular weight excluding hydrogens is 384 g/mol. The van der Waals surface area contributed by atoms with Crippen molar-refractivity contribution in [2.24, 2.45) is 4.99 Å². The number of thioether (sulfide) groups is 1. The van der Waals surface area contributed by atoms with Gasteiger partial charge in [0.2, 0.25) is 0 Å². The molecule has 3 nitrogen and oxygen atoms in total. The fourth-order valence-electron chi connectivity index (χ4n) is 2.53. The summed E-state index contributed by atoms with van der Waals surface area (Å²) in [5, 5.41) is 0.687. The fourth-order valence-corrected chi connectivity index (χ4v) is 4.47. The highest BCUT2D eigenvalue weighted by Crippen LogP contribution is 2.23. The minimum Gasteiger partial charge on any atom is -0.312 e. The molecule has 0 aliphatic heterocycles. The Morgan fingerprint density at radius 3 is 2.65 bits per heavy atom. The highest BCUT2D eigenvalue weighted by molar-refractivity contribution is 8.00. The number of rotatable bonds is 5. The molecule has 3 rings (SSSR count). The Morgan fingerprint density at radius 2 is 1.96 bits per heavy atom. The van der Waals surface area contributed by atoms with E-state index >= 15 is 0 Å². The summed E-state index contributed by atoms with van der Waals surface area (Å²) < 4.78 is 3.18. The number of thiazole rings is 1. The molecule has 0 bridgehead atoms. The predicted octanol–water partition coefficient (Wildman–Crippen LogP) is 5.38. The number of hydrogen-bond acceptors (Lipinski definition) is 3. The van der Waals surface area contributed by atoms with Crippen LogP contribution in [0.5, 0.6) is 0 Å². The average molecular weight is 403 g/mol. The lowest BCUT2D eigenvalue weighted by atomic mass is 10.1. The molecule has 6 heteroatoms. The second-order valence-corrected chi connectivity index (χ2v) is 8.43. The van der Waals surface area contributed by atoms with Gasteiger partial charge in [-0.15, -0.1) is 18.3 Å². The van der Waals surface area contributed by atoms with Crippen LogP contribution in [-0.4, -0.2) is 16.2 Å². The van der Waals surface area contributed by atoms with Crippen LogP contribution in [0.3, 0.4) is 0 Å². The second kappa shape index (κ2) is 8.25. The molecule has 1 amide bonds. The van der Waals surface area contributed by atoms with Crippen molar-refractivity contribution in [3.63, 3.8) is 0 Å². The Balaban J connectivity index is 1.89. The Morgan fingerprint density at radius 1 is 1.27 bits per heavy atom. The van der Waals surface area contributed by atoms with E-state index in [-0.39, 0.29) is 5.91 Å². The minimum atomic E-state index is -0.150. The Bertz CT molecular complexity index is 1030. The molecule has 0 radical (unpaired) electrons. The van der Waals surface area contributed by atoms with Crippen molar-refractivity contribution >= 4 is 50.8 Å².